The van der Waals surface area contributed by atoms with Gasteiger partial charge in [-0.2, -0.15) is 5.10 Å². The highest BCUT2D eigenvalue weighted by Crippen LogP contribution is 2.26. The molecule has 30 heavy (non-hydrogen) atoms. The summed E-state index contributed by atoms with van der Waals surface area (Å²) in [5, 5.41) is 7.62. The summed E-state index contributed by atoms with van der Waals surface area (Å²) in [6.07, 6.45) is 10.8. The summed E-state index contributed by atoms with van der Waals surface area (Å²) in [4.78, 5) is 13.2. The minimum absolute atomic E-state index is 0.107. The molecule has 3 aromatic rings. The van der Waals surface area contributed by atoms with Crippen LogP contribution in [0.2, 0.25) is 0 Å². The van der Waals surface area contributed by atoms with Gasteiger partial charge in [-0.3, -0.25) is 4.79 Å². The number of halogens is 1. The van der Waals surface area contributed by atoms with Crippen molar-refractivity contribution in [3.05, 3.63) is 113 Å². The Kier molecular flexibility index (Phi) is 5.70. The lowest BCUT2D eigenvalue weighted by molar-refractivity contribution is 0.0949. The van der Waals surface area contributed by atoms with Crippen LogP contribution in [0.5, 0.6) is 0 Å². The fourth-order valence-electron chi connectivity index (χ4n) is 3.44. The third kappa shape index (κ3) is 4.01. The summed E-state index contributed by atoms with van der Waals surface area (Å²) >= 11 is 0. The first-order chi connectivity index (χ1) is 14.6. The van der Waals surface area contributed by atoms with E-state index >= 15 is 0 Å². The lowest BCUT2D eigenvalue weighted by Gasteiger charge is -2.08. The standard InChI is InChI=1S/C25H22FN3O/c1-18-23(25(30)27-17-20-13-9-10-16-22(20)26)24(19-11-5-2-3-6-12-19)28-29(18)21-14-7-4-8-15-21/h2,4-16H,3,17H2,1H3,(H,27,30). The van der Waals surface area contributed by atoms with Gasteiger partial charge in [0, 0.05) is 17.7 Å². The van der Waals surface area contributed by atoms with Crippen LogP contribution >= 0.6 is 0 Å². The van der Waals surface area contributed by atoms with Gasteiger partial charge in [-0.25, -0.2) is 9.07 Å². The van der Waals surface area contributed by atoms with Gasteiger partial charge < -0.3 is 5.32 Å². The maximum absolute atomic E-state index is 14.0. The lowest BCUT2D eigenvalue weighted by atomic mass is 10.0. The van der Waals surface area contributed by atoms with Gasteiger partial charge in [0.25, 0.3) is 5.91 Å². The molecule has 0 spiro atoms. The number of amides is 1. The van der Waals surface area contributed by atoms with Gasteiger partial charge in [-0.15, -0.1) is 0 Å². The average molecular weight is 399 g/mol. The van der Waals surface area contributed by atoms with Crippen LogP contribution in [0.1, 0.15) is 33.7 Å². The number of rotatable bonds is 5. The molecule has 0 atom stereocenters. The van der Waals surface area contributed by atoms with E-state index in [1.54, 1.807) is 22.9 Å². The van der Waals surface area contributed by atoms with Crippen LogP contribution < -0.4 is 5.32 Å². The first-order valence-electron chi connectivity index (χ1n) is 9.85. The average Bonchev–Trinajstić information content (AvgIpc) is 2.93. The van der Waals surface area contributed by atoms with Gasteiger partial charge in [0.15, 0.2) is 0 Å². The van der Waals surface area contributed by atoms with Crippen molar-refractivity contribution in [1.82, 2.24) is 15.1 Å². The summed E-state index contributed by atoms with van der Waals surface area (Å²) < 4.78 is 15.7. The van der Waals surface area contributed by atoms with Crippen molar-refractivity contribution >= 4 is 11.5 Å². The number of hydrogen-bond acceptors (Lipinski definition) is 2. The maximum atomic E-state index is 14.0. The van der Waals surface area contributed by atoms with E-state index in [0.29, 0.717) is 16.8 Å². The van der Waals surface area contributed by atoms with Crippen LogP contribution in [0.4, 0.5) is 4.39 Å². The van der Waals surface area contributed by atoms with Gasteiger partial charge in [0.2, 0.25) is 0 Å². The van der Waals surface area contributed by atoms with Crippen LogP contribution in [-0.4, -0.2) is 15.7 Å². The summed E-state index contributed by atoms with van der Waals surface area (Å²) in [5.41, 5.74) is 3.99. The molecule has 4 nitrogen and oxygen atoms in total. The monoisotopic (exact) mass is 399 g/mol. The van der Waals surface area contributed by atoms with Crippen molar-refractivity contribution in [2.75, 3.05) is 0 Å². The Balaban J connectivity index is 1.74. The number of carbonyl (C=O) groups excluding carboxylic acids is 1. The molecule has 1 amide bonds. The summed E-state index contributed by atoms with van der Waals surface area (Å²) in [6.45, 7) is 1.98. The molecule has 0 radical (unpaired) electrons. The molecule has 0 aliphatic heterocycles. The second kappa shape index (κ2) is 8.74. The Morgan fingerprint density at radius 1 is 1.10 bits per heavy atom. The van der Waals surface area contributed by atoms with E-state index in [4.69, 9.17) is 5.10 Å². The Morgan fingerprint density at radius 3 is 2.67 bits per heavy atom. The normalized spacial score (nSPS) is 13.1. The van der Waals surface area contributed by atoms with Gasteiger partial charge in [-0.05, 0) is 31.5 Å². The first-order valence-corrected chi connectivity index (χ1v) is 9.85. The molecule has 0 saturated heterocycles. The van der Waals surface area contributed by atoms with E-state index in [-0.39, 0.29) is 18.3 Å². The van der Waals surface area contributed by atoms with E-state index in [1.807, 2.05) is 67.6 Å². The van der Waals surface area contributed by atoms with Crippen molar-refractivity contribution in [2.45, 2.75) is 19.9 Å². The molecular formula is C25H22FN3O. The number of nitrogens with one attached hydrogen (secondary N) is 1. The molecule has 1 heterocycles. The molecule has 2 aromatic carbocycles. The molecule has 5 heteroatoms. The molecule has 0 bridgehead atoms. The summed E-state index contributed by atoms with van der Waals surface area (Å²) in [6, 6.07) is 16.1. The van der Waals surface area contributed by atoms with Gasteiger partial charge in [0.05, 0.1) is 16.9 Å². The SMILES string of the molecule is Cc1c(C(=O)NCc2ccccc2F)c(C2=CC=CCC=C2)nn1-c1ccccc1. The van der Waals surface area contributed by atoms with E-state index in [9.17, 15) is 9.18 Å². The number of nitrogens with zero attached hydrogens (tertiary/aromatic N) is 2. The largest absolute Gasteiger partial charge is 0.348 e. The molecule has 1 aromatic heterocycles. The maximum Gasteiger partial charge on any atom is 0.255 e. The third-order valence-corrected chi connectivity index (χ3v) is 5.00. The molecule has 150 valence electrons. The zero-order valence-corrected chi connectivity index (χ0v) is 16.7. The smallest absolute Gasteiger partial charge is 0.255 e. The van der Waals surface area contributed by atoms with Crippen LogP contribution in [-0.2, 0) is 6.54 Å². The van der Waals surface area contributed by atoms with Crippen LogP contribution in [0.15, 0.2) is 85.0 Å². The molecule has 0 fully saturated rings. The predicted octanol–water partition coefficient (Wildman–Crippen LogP) is 5.15. The zero-order valence-electron chi connectivity index (χ0n) is 16.7. The Bertz CT molecular complexity index is 1160. The fraction of sp³-hybridized carbons (Fsp3) is 0.120. The van der Waals surface area contributed by atoms with Crippen molar-refractivity contribution in [3.63, 3.8) is 0 Å². The molecule has 1 N–H and O–H groups in total. The lowest BCUT2D eigenvalue weighted by Crippen LogP contribution is -2.24. The van der Waals surface area contributed by atoms with Crippen LogP contribution in [0.3, 0.4) is 0 Å². The second-order valence-corrected chi connectivity index (χ2v) is 7.02. The Labute approximate surface area is 175 Å². The Hall–Kier alpha value is -3.73. The van der Waals surface area contributed by atoms with Crippen LogP contribution in [0, 0.1) is 12.7 Å². The predicted molar refractivity (Wildman–Crippen MR) is 117 cm³/mol. The highest BCUT2D eigenvalue weighted by atomic mass is 19.1. The number of aromatic nitrogens is 2. The van der Waals surface area contributed by atoms with E-state index in [0.717, 1.165) is 23.4 Å². The minimum Gasteiger partial charge on any atom is -0.348 e. The first kappa shape index (κ1) is 19.6. The van der Waals surface area contributed by atoms with Gasteiger partial charge >= 0.3 is 0 Å². The highest BCUT2D eigenvalue weighted by molar-refractivity contribution is 6.00. The van der Waals surface area contributed by atoms with Crippen molar-refractivity contribution in [2.24, 2.45) is 0 Å². The number of carbonyl (C=O) groups is 1. The number of para-hydroxylation sites is 1. The number of benzene rings is 2. The highest BCUT2D eigenvalue weighted by Gasteiger charge is 2.23. The third-order valence-electron chi connectivity index (χ3n) is 5.00. The quantitative estimate of drug-likeness (QED) is 0.645. The molecule has 4 rings (SSSR count). The zero-order chi connectivity index (χ0) is 20.9. The van der Waals surface area contributed by atoms with Gasteiger partial charge in [0.1, 0.15) is 11.5 Å². The number of hydrogen-bond donors (Lipinski definition) is 1. The van der Waals surface area contributed by atoms with Crippen molar-refractivity contribution < 1.29 is 9.18 Å². The number of allylic oxidation sites excluding steroid dienone is 6. The van der Waals surface area contributed by atoms with Crippen molar-refractivity contribution in [3.8, 4) is 5.69 Å². The molecule has 1 aliphatic rings. The summed E-state index contributed by atoms with van der Waals surface area (Å²) in [7, 11) is 0. The molecular weight excluding hydrogens is 377 g/mol. The minimum atomic E-state index is -0.339. The second-order valence-electron chi connectivity index (χ2n) is 7.02. The van der Waals surface area contributed by atoms with E-state index in [2.05, 4.69) is 5.32 Å². The molecule has 1 aliphatic carbocycles. The fourth-order valence-corrected chi connectivity index (χ4v) is 3.44. The van der Waals surface area contributed by atoms with E-state index < -0.39 is 0 Å². The summed E-state index contributed by atoms with van der Waals surface area (Å²) in [5.74, 6) is -0.621. The van der Waals surface area contributed by atoms with Crippen molar-refractivity contribution in [1.29, 1.82) is 0 Å². The Morgan fingerprint density at radius 2 is 1.87 bits per heavy atom. The topological polar surface area (TPSA) is 46.9 Å². The van der Waals surface area contributed by atoms with E-state index in [1.165, 1.54) is 6.07 Å². The molecule has 0 saturated carbocycles. The van der Waals surface area contributed by atoms with Gasteiger partial charge in [-0.1, -0.05) is 66.8 Å². The van der Waals surface area contributed by atoms with Crippen LogP contribution in [0.25, 0.3) is 11.3 Å². The molecule has 0 unspecified atom stereocenters.